The lowest BCUT2D eigenvalue weighted by molar-refractivity contribution is -0.389. The standard InChI is InChI=1S/C23H36N2O6/c26-10-6-22(5-4-20(27)24-7-2-9-25-8-1-3-21(25)28)29-23(31-30-22)18-12-16-11-17(14-18)15-19(23)13-16/h16-19,26H,1-15H2,(H,24,27). The molecule has 174 valence electrons. The number of carbonyl (C=O) groups is 2. The van der Waals surface area contributed by atoms with Crippen molar-refractivity contribution in [2.45, 2.75) is 82.2 Å². The lowest BCUT2D eigenvalue weighted by Crippen LogP contribution is -2.59. The molecule has 0 aromatic rings. The van der Waals surface area contributed by atoms with Crippen LogP contribution in [0.25, 0.3) is 0 Å². The maximum Gasteiger partial charge on any atom is 0.222 e. The molecular formula is C23H36N2O6. The van der Waals surface area contributed by atoms with E-state index in [2.05, 4.69) is 5.32 Å². The summed E-state index contributed by atoms with van der Waals surface area (Å²) in [5.74, 6) is 0.683. The van der Waals surface area contributed by atoms with Crippen molar-refractivity contribution in [2.24, 2.45) is 23.7 Å². The number of likely N-dealkylation sites (tertiary alicyclic amines) is 1. The van der Waals surface area contributed by atoms with Crippen LogP contribution < -0.4 is 5.32 Å². The average molecular weight is 437 g/mol. The van der Waals surface area contributed by atoms with E-state index in [4.69, 9.17) is 14.5 Å². The Morgan fingerprint density at radius 3 is 2.48 bits per heavy atom. The third-order valence-electron chi connectivity index (χ3n) is 8.27. The first-order chi connectivity index (χ1) is 15.0. The minimum Gasteiger partial charge on any atom is -0.396 e. The summed E-state index contributed by atoms with van der Waals surface area (Å²) in [5, 5.41) is 12.6. The molecule has 4 saturated carbocycles. The predicted molar refractivity (Wildman–Crippen MR) is 110 cm³/mol. The molecule has 6 fully saturated rings. The molecule has 0 aromatic carbocycles. The fraction of sp³-hybridized carbons (Fsp3) is 0.913. The second-order valence-corrected chi connectivity index (χ2v) is 10.4. The van der Waals surface area contributed by atoms with Crippen LogP contribution in [-0.2, 0) is 24.1 Å². The zero-order chi connectivity index (χ0) is 21.5. The smallest absolute Gasteiger partial charge is 0.222 e. The number of aliphatic hydroxyl groups is 1. The van der Waals surface area contributed by atoms with Gasteiger partial charge in [-0.25, -0.2) is 0 Å². The summed E-state index contributed by atoms with van der Waals surface area (Å²) in [5.41, 5.74) is 0. The van der Waals surface area contributed by atoms with Crippen LogP contribution in [0.15, 0.2) is 0 Å². The first-order valence-electron chi connectivity index (χ1n) is 12.2. The van der Waals surface area contributed by atoms with Crippen molar-refractivity contribution in [3.8, 4) is 0 Å². The molecule has 0 radical (unpaired) electrons. The summed E-state index contributed by atoms with van der Waals surface area (Å²) >= 11 is 0. The summed E-state index contributed by atoms with van der Waals surface area (Å²) in [7, 11) is 0. The van der Waals surface area contributed by atoms with E-state index in [1.807, 2.05) is 4.90 Å². The number of aliphatic hydroxyl groups excluding tert-OH is 1. The van der Waals surface area contributed by atoms with Crippen LogP contribution in [0.1, 0.15) is 70.6 Å². The number of rotatable bonds is 9. The van der Waals surface area contributed by atoms with Gasteiger partial charge in [0, 0.05) is 63.8 Å². The molecule has 2 amide bonds. The number of nitrogens with one attached hydrogen (secondary N) is 1. The Balaban J connectivity index is 1.12. The van der Waals surface area contributed by atoms with Gasteiger partial charge in [-0.2, -0.15) is 9.78 Å². The Kier molecular flexibility index (Phi) is 6.01. The van der Waals surface area contributed by atoms with Gasteiger partial charge < -0.3 is 20.1 Å². The van der Waals surface area contributed by atoms with E-state index in [0.717, 1.165) is 56.9 Å². The highest BCUT2D eigenvalue weighted by Gasteiger charge is 2.66. The minimum absolute atomic E-state index is 0.0664. The highest BCUT2D eigenvalue weighted by molar-refractivity contribution is 5.78. The number of amides is 2. The second-order valence-electron chi connectivity index (χ2n) is 10.4. The van der Waals surface area contributed by atoms with Gasteiger partial charge in [0.1, 0.15) is 0 Å². The molecule has 2 N–H and O–H groups in total. The molecule has 2 saturated heterocycles. The van der Waals surface area contributed by atoms with E-state index >= 15 is 0 Å². The summed E-state index contributed by atoms with van der Waals surface area (Å²) in [6, 6.07) is 0. The van der Waals surface area contributed by atoms with Crippen molar-refractivity contribution < 1.29 is 29.2 Å². The molecular weight excluding hydrogens is 400 g/mol. The van der Waals surface area contributed by atoms with Gasteiger partial charge in [0.2, 0.25) is 23.4 Å². The van der Waals surface area contributed by atoms with Crippen molar-refractivity contribution in [1.82, 2.24) is 10.2 Å². The van der Waals surface area contributed by atoms with Crippen LogP contribution in [0.5, 0.6) is 0 Å². The third kappa shape index (κ3) is 4.12. The minimum atomic E-state index is -1.05. The molecule has 1 atom stereocenters. The van der Waals surface area contributed by atoms with Gasteiger partial charge in [-0.05, 0) is 56.8 Å². The molecule has 6 rings (SSSR count). The topological polar surface area (TPSA) is 97.3 Å². The number of ether oxygens (including phenoxy) is 1. The van der Waals surface area contributed by atoms with Gasteiger partial charge in [-0.1, -0.05) is 0 Å². The highest BCUT2D eigenvalue weighted by atomic mass is 17.3. The first-order valence-corrected chi connectivity index (χ1v) is 12.2. The van der Waals surface area contributed by atoms with E-state index < -0.39 is 11.6 Å². The molecule has 0 aromatic heterocycles. The Morgan fingerprint density at radius 2 is 1.84 bits per heavy atom. The summed E-state index contributed by atoms with van der Waals surface area (Å²) in [6.07, 6.45) is 9.11. The molecule has 1 unspecified atom stereocenters. The number of nitrogens with zero attached hydrogens (tertiary/aromatic N) is 1. The summed E-state index contributed by atoms with van der Waals surface area (Å²) < 4.78 is 6.58. The molecule has 2 aliphatic heterocycles. The van der Waals surface area contributed by atoms with Gasteiger partial charge >= 0.3 is 0 Å². The quantitative estimate of drug-likeness (QED) is 0.424. The predicted octanol–water partition coefficient (Wildman–Crippen LogP) is 2.10. The Hall–Kier alpha value is -1.22. The lowest BCUT2D eigenvalue weighted by atomic mass is 9.53. The SMILES string of the molecule is O=C(CCC1(CCO)OOC2(O1)C1CC3CC(C1)CC2C3)NCCCN1CCCC1=O. The van der Waals surface area contributed by atoms with Gasteiger partial charge in [0.15, 0.2) is 0 Å². The highest BCUT2D eigenvalue weighted by Crippen LogP contribution is 2.63. The zero-order valence-corrected chi connectivity index (χ0v) is 18.4. The van der Waals surface area contributed by atoms with E-state index in [9.17, 15) is 14.7 Å². The van der Waals surface area contributed by atoms with Crippen LogP contribution in [0, 0.1) is 23.7 Å². The van der Waals surface area contributed by atoms with E-state index in [0.29, 0.717) is 44.2 Å². The van der Waals surface area contributed by atoms with Crippen LogP contribution in [0.2, 0.25) is 0 Å². The first kappa shape index (κ1) is 21.6. The third-order valence-corrected chi connectivity index (χ3v) is 8.27. The summed E-state index contributed by atoms with van der Waals surface area (Å²) in [6.45, 7) is 1.99. The van der Waals surface area contributed by atoms with E-state index in [-0.39, 0.29) is 24.8 Å². The van der Waals surface area contributed by atoms with Crippen molar-refractivity contribution in [3.05, 3.63) is 0 Å². The van der Waals surface area contributed by atoms with Gasteiger partial charge in [0.05, 0.1) is 0 Å². The lowest BCUT2D eigenvalue weighted by Gasteiger charge is -2.57. The fourth-order valence-electron chi connectivity index (χ4n) is 6.92. The molecule has 2 heterocycles. The van der Waals surface area contributed by atoms with Crippen LogP contribution in [-0.4, -0.2) is 59.6 Å². The maximum atomic E-state index is 12.4. The van der Waals surface area contributed by atoms with E-state index in [1.54, 1.807) is 0 Å². The largest absolute Gasteiger partial charge is 0.396 e. The molecule has 4 aliphatic carbocycles. The van der Waals surface area contributed by atoms with Crippen molar-refractivity contribution in [2.75, 3.05) is 26.2 Å². The normalized spacial score (nSPS) is 40.9. The van der Waals surface area contributed by atoms with Gasteiger partial charge in [-0.3, -0.25) is 9.59 Å². The van der Waals surface area contributed by atoms with Crippen LogP contribution in [0.3, 0.4) is 0 Å². The summed E-state index contributed by atoms with van der Waals surface area (Å²) in [4.78, 5) is 37.7. The van der Waals surface area contributed by atoms with Gasteiger partial charge in [-0.15, -0.1) is 0 Å². The Morgan fingerprint density at radius 1 is 1.10 bits per heavy atom. The van der Waals surface area contributed by atoms with Crippen LogP contribution in [0.4, 0.5) is 0 Å². The fourth-order valence-corrected chi connectivity index (χ4v) is 6.92. The molecule has 4 bridgehead atoms. The van der Waals surface area contributed by atoms with Crippen LogP contribution >= 0.6 is 0 Å². The van der Waals surface area contributed by atoms with Crippen molar-refractivity contribution >= 4 is 11.8 Å². The molecule has 8 nitrogen and oxygen atoms in total. The van der Waals surface area contributed by atoms with Crippen molar-refractivity contribution in [1.29, 1.82) is 0 Å². The Bertz CT molecular complexity index is 672. The molecule has 6 aliphatic rings. The monoisotopic (exact) mass is 436 g/mol. The number of carbonyl (C=O) groups excluding carboxylic acids is 2. The van der Waals surface area contributed by atoms with E-state index in [1.165, 1.54) is 6.42 Å². The average Bonchev–Trinajstić information content (AvgIpc) is 3.33. The Labute approximate surface area is 183 Å². The van der Waals surface area contributed by atoms with Gasteiger partial charge in [0.25, 0.3) is 0 Å². The second kappa shape index (κ2) is 8.61. The van der Waals surface area contributed by atoms with Crippen molar-refractivity contribution in [3.63, 3.8) is 0 Å². The zero-order valence-electron chi connectivity index (χ0n) is 18.4. The molecule has 1 spiro atoms. The molecule has 31 heavy (non-hydrogen) atoms. The number of hydrogen-bond acceptors (Lipinski definition) is 6. The number of hydrogen-bond donors (Lipinski definition) is 2. The molecule has 8 heteroatoms. The maximum absolute atomic E-state index is 12.4.